The maximum Gasteiger partial charge on any atom is 0.258 e. The van der Waals surface area contributed by atoms with E-state index in [0.29, 0.717) is 31.4 Å². The van der Waals surface area contributed by atoms with E-state index in [4.69, 9.17) is 5.84 Å². The number of anilines is 2. The van der Waals surface area contributed by atoms with Crippen LogP contribution >= 0.6 is 0 Å². The topological polar surface area (TPSA) is 131 Å². The number of hydrogen-bond acceptors (Lipinski definition) is 9. The third kappa shape index (κ3) is 2.30. The van der Waals surface area contributed by atoms with Crippen molar-refractivity contribution in [3.8, 4) is 5.95 Å². The zero-order valence-corrected chi connectivity index (χ0v) is 10.0. The average Bonchev–Trinajstić information content (AvgIpc) is 3.09. The number of nitrogens with two attached hydrogens (primary N) is 1. The summed E-state index contributed by atoms with van der Waals surface area (Å²) in [6.07, 6.45) is 3.20. The summed E-state index contributed by atoms with van der Waals surface area (Å²) < 4.78 is 1.42. The van der Waals surface area contributed by atoms with Crippen LogP contribution in [0.2, 0.25) is 0 Å². The van der Waals surface area contributed by atoms with Crippen LogP contribution in [0.4, 0.5) is 11.9 Å². The minimum absolute atomic E-state index is 0.233. The van der Waals surface area contributed by atoms with Crippen LogP contribution in [0.3, 0.4) is 0 Å². The quantitative estimate of drug-likeness (QED) is 0.438. The maximum atomic E-state index is 9.56. The lowest BCUT2D eigenvalue weighted by atomic mass is 10.3. The molecule has 3 rings (SSSR count). The minimum Gasteiger partial charge on any atom is -0.391 e. The van der Waals surface area contributed by atoms with E-state index >= 15 is 0 Å². The van der Waals surface area contributed by atoms with Gasteiger partial charge in [0.1, 0.15) is 12.7 Å². The number of aliphatic hydroxyl groups is 1. The van der Waals surface area contributed by atoms with Crippen molar-refractivity contribution in [2.24, 2.45) is 5.84 Å². The van der Waals surface area contributed by atoms with Crippen LogP contribution in [0, 0.1) is 0 Å². The van der Waals surface area contributed by atoms with Crippen molar-refractivity contribution >= 4 is 11.9 Å². The summed E-state index contributed by atoms with van der Waals surface area (Å²) in [7, 11) is 0. The first-order valence-corrected chi connectivity index (χ1v) is 5.77. The van der Waals surface area contributed by atoms with Gasteiger partial charge in [-0.3, -0.25) is 5.43 Å². The molecule has 0 amide bonds. The number of hydrogen-bond donors (Lipinski definition) is 3. The van der Waals surface area contributed by atoms with E-state index in [0.717, 1.165) is 0 Å². The molecule has 100 valence electrons. The molecular formula is C9H13N9O. The molecule has 1 aliphatic rings. The van der Waals surface area contributed by atoms with Gasteiger partial charge in [-0.05, 0) is 6.42 Å². The first kappa shape index (κ1) is 11.7. The van der Waals surface area contributed by atoms with Gasteiger partial charge in [0.15, 0.2) is 0 Å². The Balaban J connectivity index is 1.98. The summed E-state index contributed by atoms with van der Waals surface area (Å²) in [5.41, 5.74) is 2.39. The fraction of sp³-hybridized carbons (Fsp3) is 0.444. The molecule has 2 aromatic heterocycles. The maximum absolute atomic E-state index is 9.56. The molecule has 1 saturated heterocycles. The van der Waals surface area contributed by atoms with Gasteiger partial charge < -0.3 is 10.0 Å². The largest absolute Gasteiger partial charge is 0.391 e. The van der Waals surface area contributed by atoms with Gasteiger partial charge >= 0.3 is 0 Å². The molecule has 0 aliphatic carbocycles. The fourth-order valence-corrected chi connectivity index (χ4v) is 1.90. The summed E-state index contributed by atoms with van der Waals surface area (Å²) in [4.78, 5) is 18.3. The van der Waals surface area contributed by atoms with Gasteiger partial charge in [0.25, 0.3) is 5.95 Å². The van der Waals surface area contributed by atoms with Crippen molar-refractivity contribution in [1.29, 1.82) is 0 Å². The molecule has 0 bridgehead atoms. The zero-order valence-electron chi connectivity index (χ0n) is 10.0. The van der Waals surface area contributed by atoms with E-state index in [2.05, 4.69) is 30.5 Å². The summed E-state index contributed by atoms with van der Waals surface area (Å²) in [6, 6.07) is 0. The molecule has 0 saturated carbocycles. The molecular weight excluding hydrogens is 250 g/mol. The molecule has 10 nitrogen and oxygen atoms in total. The third-order valence-electron chi connectivity index (χ3n) is 2.81. The highest BCUT2D eigenvalue weighted by molar-refractivity contribution is 5.40. The number of nitrogens with zero attached hydrogens (tertiary/aromatic N) is 7. The molecule has 19 heavy (non-hydrogen) atoms. The standard InChI is InChI=1S/C9H13N9O/c10-16-7-13-8(17-2-1-6(19)3-17)15-9(14-7)18-5-11-4-12-18/h4-6,19H,1-3,10H2,(H,13,14,15,16). The summed E-state index contributed by atoms with van der Waals surface area (Å²) in [6.45, 7) is 1.18. The van der Waals surface area contributed by atoms with Gasteiger partial charge in [-0.15, -0.1) is 0 Å². The van der Waals surface area contributed by atoms with E-state index in [1.54, 1.807) is 0 Å². The third-order valence-corrected chi connectivity index (χ3v) is 2.81. The van der Waals surface area contributed by atoms with E-state index in [1.165, 1.54) is 17.3 Å². The second-order valence-corrected chi connectivity index (χ2v) is 4.13. The van der Waals surface area contributed by atoms with Gasteiger partial charge in [0, 0.05) is 13.1 Å². The highest BCUT2D eigenvalue weighted by Crippen LogP contribution is 2.18. The number of nitrogen functional groups attached to an aromatic ring is 1. The molecule has 0 spiro atoms. The molecule has 1 atom stereocenters. The van der Waals surface area contributed by atoms with E-state index in [-0.39, 0.29) is 12.1 Å². The Kier molecular flexibility index (Phi) is 2.93. The van der Waals surface area contributed by atoms with E-state index in [9.17, 15) is 5.11 Å². The SMILES string of the molecule is NNc1nc(N2CCC(O)C2)nc(-n2cncn2)n1. The first-order chi connectivity index (χ1) is 9.26. The molecule has 1 aliphatic heterocycles. The molecule has 1 unspecified atom stereocenters. The van der Waals surface area contributed by atoms with Gasteiger partial charge in [0.2, 0.25) is 11.9 Å². The van der Waals surface area contributed by atoms with Crippen LogP contribution in [0.15, 0.2) is 12.7 Å². The van der Waals surface area contributed by atoms with Crippen LogP contribution in [-0.4, -0.2) is 54.0 Å². The van der Waals surface area contributed by atoms with Crippen molar-refractivity contribution in [3.63, 3.8) is 0 Å². The fourth-order valence-electron chi connectivity index (χ4n) is 1.90. The molecule has 10 heteroatoms. The van der Waals surface area contributed by atoms with E-state index in [1.807, 2.05) is 4.90 Å². The smallest absolute Gasteiger partial charge is 0.258 e. The van der Waals surface area contributed by atoms with Gasteiger partial charge in [-0.2, -0.15) is 24.7 Å². The normalized spacial score (nSPS) is 18.8. The molecule has 3 heterocycles. The van der Waals surface area contributed by atoms with Crippen molar-refractivity contribution in [3.05, 3.63) is 12.7 Å². The Morgan fingerprint density at radius 2 is 2.16 bits per heavy atom. The lowest BCUT2D eigenvalue weighted by Crippen LogP contribution is -2.25. The number of rotatable bonds is 3. The van der Waals surface area contributed by atoms with Crippen molar-refractivity contribution < 1.29 is 5.11 Å². The number of aromatic nitrogens is 6. The lowest BCUT2D eigenvalue weighted by Gasteiger charge is -2.16. The van der Waals surface area contributed by atoms with Crippen LogP contribution in [0.25, 0.3) is 5.95 Å². The molecule has 4 N–H and O–H groups in total. The molecule has 0 aromatic carbocycles. The van der Waals surface area contributed by atoms with E-state index < -0.39 is 0 Å². The number of aliphatic hydroxyl groups excluding tert-OH is 1. The predicted molar refractivity (Wildman–Crippen MR) is 65.4 cm³/mol. The highest BCUT2D eigenvalue weighted by Gasteiger charge is 2.23. The molecule has 1 fully saturated rings. The van der Waals surface area contributed by atoms with Gasteiger partial charge in [-0.25, -0.2) is 10.8 Å². The predicted octanol–water partition coefficient (Wildman–Crippen LogP) is -1.69. The van der Waals surface area contributed by atoms with Crippen molar-refractivity contribution in [2.45, 2.75) is 12.5 Å². The van der Waals surface area contributed by atoms with Crippen molar-refractivity contribution in [2.75, 3.05) is 23.4 Å². The van der Waals surface area contributed by atoms with Crippen LogP contribution in [0.1, 0.15) is 6.42 Å². The van der Waals surface area contributed by atoms with Gasteiger partial charge in [0.05, 0.1) is 6.10 Å². The van der Waals surface area contributed by atoms with Gasteiger partial charge in [-0.1, -0.05) is 0 Å². The summed E-state index contributed by atoms with van der Waals surface area (Å²) in [5, 5.41) is 13.5. The number of β-amino-alcohol motifs (C(OH)–C–C–N with tert-alkyl or cyclic N) is 1. The zero-order chi connectivity index (χ0) is 13.2. The average molecular weight is 263 g/mol. The number of hydrazine groups is 1. The summed E-state index contributed by atoms with van der Waals surface area (Å²) in [5.74, 6) is 6.35. The lowest BCUT2D eigenvalue weighted by molar-refractivity contribution is 0.198. The first-order valence-electron chi connectivity index (χ1n) is 5.77. The Labute approximate surface area is 108 Å². The Morgan fingerprint density at radius 3 is 2.79 bits per heavy atom. The number of nitrogens with one attached hydrogen (secondary N) is 1. The second-order valence-electron chi connectivity index (χ2n) is 4.13. The minimum atomic E-state index is -0.360. The Bertz CT molecular complexity index is 557. The summed E-state index contributed by atoms with van der Waals surface area (Å²) >= 11 is 0. The van der Waals surface area contributed by atoms with Crippen LogP contribution in [0.5, 0.6) is 0 Å². The second kappa shape index (κ2) is 4.74. The van der Waals surface area contributed by atoms with Crippen LogP contribution in [-0.2, 0) is 0 Å². The molecule has 0 radical (unpaired) electrons. The Morgan fingerprint density at radius 1 is 1.32 bits per heavy atom. The monoisotopic (exact) mass is 263 g/mol. The highest BCUT2D eigenvalue weighted by atomic mass is 16.3. The Hall–Kier alpha value is -2.33. The molecule has 2 aromatic rings. The van der Waals surface area contributed by atoms with Crippen LogP contribution < -0.4 is 16.2 Å². The van der Waals surface area contributed by atoms with Crippen molar-refractivity contribution in [1.82, 2.24) is 29.7 Å².